The van der Waals surface area contributed by atoms with E-state index in [0.29, 0.717) is 26.2 Å². The molecule has 2 rings (SSSR count). The Bertz CT molecular complexity index is 572. The highest BCUT2D eigenvalue weighted by Gasteiger charge is 2.01. The molecule has 0 saturated heterocycles. The largest absolute Gasteiger partial charge is 0.383 e. The monoisotopic (exact) mass is 273 g/mol. The summed E-state index contributed by atoms with van der Waals surface area (Å²) in [4.78, 5) is 15.6. The number of rotatable bonds is 7. The van der Waals surface area contributed by atoms with Crippen LogP contribution in [0.1, 0.15) is 5.56 Å². The molecular formula is C15H19N3O2. The van der Waals surface area contributed by atoms with Crippen molar-refractivity contribution >= 4 is 16.7 Å². The van der Waals surface area contributed by atoms with Crippen molar-refractivity contribution in [2.45, 2.75) is 6.54 Å². The van der Waals surface area contributed by atoms with Crippen LogP contribution in [0.25, 0.3) is 10.8 Å². The molecule has 2 N–H and O–H groups in total. The number of amides is 1. The fraction of sp³-hybridized carbons (Fsp3) is 0.333. The number of hydrogen-bond donors (Lipinski definition) is 2. The Morgan fingerprint density at radius 3 is 3.05 bits per heavy atom. The minimum Gasteiger partial charge on any atom is -0.383 e. The van der Waals surface area contributed by atoms with Crippen molar-refractivity contribution in [1.82, 2.24) is 15.6 Å². The van der Waals surface area contributed by atoms with E-state index in [9.17, 15) is 4.79 Å². The van der Waals surface area contributed by atoms with Gasteiger partial charge >= 0.3 is 0 Å². The SMILES string of the molecule is COCCNC(=O)CNCc1ccc2cnccc2c1. The summed E-state index contributed by atoms with van der Waals surface area (Å²) in [6.07, 6.45) is 3.62. The first-order valence-electron chi connectivity index (χ1n) is 6.58. The fourth-order valence-corrected chi connectivity index (χ4v) is 1.92. The quantitative estimate of drug-likeness (QED) is 0.741. The van der Waals surface area contributed by atoms with Gasteiger partial charge in [-0.3, -0.25) is 9.78 Å². The van der Waals surface area contributed by atoms with E-state index < -0.39 is 0 Å². The van der Waals surface area contributed by atoms with E-state index in [1.807, 2.05) is 24.4 Å². The van der Waals surface area contributed by atoms with Crippen molar-refractivity contribution in [3.63, 3.8) is 0 Å². The van der Waals surface area contributed by atoms with Gasteiger partial charge in [0.15, 0.2) is 0 Å². The molecule has 5 nitrogen and oxygen atoms in total. The number of fused-ring (bicyclic) bond motifs is 1. The van der Waals surface area contributed by atoms with Crippen LogP contribution in [0.15, 0.2) is 36.7 Å². The third-order valence-corrected chi connectivity index (χ3v) is 2.95. The van der Waals surface area contributed by atoms with Crippen molar-refractivity contribution < 1.29 is 9.53 Å². The highest BCUT2D eigenvalue weighted by molar-refractivity contribution is 5.82. The molecule has 0 aliphatic heterocycles. The van der Waals surface area contributed by atoms with Gasteiger partial charge in [0, 0.05) is 38.0 Å². The fourth-order valence-electron chi connectivity index (χ4n) is 1.92. The van der Waals surface area contributed by atoms with E-state index in [1.54, 1.807) is 13.3 Å². The Labute approximate surface area is 118 Å². The summed E-state index contributed by atoms with van der Waals surface area (Å²) in [6, 6.07) is 8.17. The second-order valence-electron chi connectivity index (χ2n) is 4.50. The van der Waals surface area contributed by atoms with Gasteiger partial charge < -0.3 is 15.4 Å². The van der Waals surface area contributed by atoms with Crippen LogP contribution >= 0.6 is 0 Å². The minimum atomic E-state index is -0.0213. The number of benzene rings is 1. The van der Waals surface area contributed by atoms with E-state index in [-0.39, 0.29) is 5.91 Å². The highest BCUT2D eigenvalue weighted by Crippen LogP contribution is 2.14. The average Bonchev–Trinajstić information content (AvgIpc) is 2.47. The summed E-state index contributed by atoms with van der Waals surface area (Å²) in [5.41, 5.74) is 1.15. The number of carbonyl (C=O) groups excluding carboxylic acids is 1. The van der Waals surface area contributed by atoms with Crippen molar-refractivity contribution in [2.75, 3.05) is 26.8 Å². The molecule has 0 aliphatic carbocycles. The van der Waals surface area contributed by atoms with Gasteiger partial charge in [-0.05, 0) is 23.1 Å². The molecule has 0 unspecified atom stereocenters. The smallest absolute Gasteiger partial charge is 0.234 e. The highest BCUT2D eigenvalue weighted by atomic mass is 16.5. The zero-order valence-electron chi connectivity index (χ0n) is 11.6. The summed E-state index contributed by atoms with van der Waals surface area (Å²) >= 11 is 0. The minimum absolute atomic E-state index is 0.0213. The molecule has 1 aromatic carbocycles. The van der Waals surface area contributed by atoms with Crippen LogP contribution < -0.4 is 10.6 Å². The zero-order valence-corrected chi connectivity index (χ0v) is 11.6. The van der Waals surface area contributed by atoms with E-state index in [1.165, 1.54) is 0 Å². The molecule has 0 atom stereocenters. The molecule has 20 heavy (non-hydrogen) atoms. The first kappa shape index (κ1) is 14.4. The average molecular weight is 273 g/mol. The van der Waals surface area contributed by atoms with Crippen molar-refractivity contribution in [2.24, 2.45) is 0 Å². The van der Waals surface area contributed by atoms with Gasteiger partial charge in [0.25, 0.3) is 0 Å². The molecule has 0 saturated carbocycles. The molecule has 0 radical (unpaired) electrons. The third kappa shape index (κ3) is 4.29. The number of ether oxygens (including phenoxy) is 1. The molecule has 1 heterocycles. The number of hydrogen-bond acceptors (Lipinski definition) is 4. The predicted octanol–water partition coefficient (Wildman–Crippen LogP) is 1.09. The van der Waals surface area contributed by atoms with Crippen LogP contribution in [0.3, 0.4) is 0 Å². The zero-order chi connectivity index (χ0) is 14.2. The summed E-state index contributed by atoms with van der Waals surface area (Å²) in [5.74, 6) is -0.0213. The van der Waals surface area contributed by atoms with Crippen molar-refractivity contribution in [3.8, 4) is 0 Å². The topological polar surface area (TPSA) is 63.2 Å². The summed E-state index contributed by atoms with van der Waals surface area (Å²) in [7, 11) is 1.61. The number of carbonyl (C=O) groups is 1. The first-order valence-corrected chi connectivity index (χ1v) is 6.58. The maximum absolute atomic E-state index is 11.5. The lowest BCUT2D eigenvalue weighted by atomic mass is 10.1. The Kier molecular flexibility index (Phi) is 5.46. The van der Waals surface area contributed by atoms with Crippen LogP contribution in [-0.4, -0.2) is 37.7 Å². The lowest BCUT2D eigenvalue weighted by Gasteiger charge is -2.07. The number of methoxy groups -OCH3 is 1. The van der Waals surface area contributed by atoms with E-state index in [0.717, 1.165) is 16.3 Å². The van der Waals surface area contributed by atoms with Crippen LogP contribution in [0, 0.1) is 0 Å². The van der Waals surface area contributed by atoms with Crippen LogP contribution in [0.4, 0.5) is 0 Å². The second-order valence-corrected chi connectivity index (χ2v) is 4.50. The van der Waals surface area contributed by atoms with Crippen LogP contribution in [0.2, 0.25) is 0 Å². The standard InChI is InChI=1S/C15H19N3O2/c1-20-7-6-18-15(19)11-17-9-12-2-3-14-10-16-5-4-13(14)8-12/h2-5,8,10,17H,6-7,9,11H2,1H3,(H,18,19). The molecule has 106 valence electrons. The van der Waals surface area contributed by atoms with Crippen LogP contribution in [-0.2, 0) is 16.1 Å². The summed E-state index contributed by atoms with van der Waals surface area (Å²) in [5, 5.41) is 8.16. The molecule has 0 spiro atoms. The number of nitrogens with zero attached hydrogens (tertiary/aromatic N) is 1. The van der Waals surface area contributed by atoms with Crippen molar-refractivity contribution in [1.29, 1.82) is 0 Å². The maximum atomic E-state index is 11.5. The molecule has 0 aliphatic rings. The van der Waals surface area contributed by atoms with Gasteiger partial charge in [-0.15, -0.1) is 0 Å². The van der Waals surface area contributed by atoms with Gasteiger partial charge in [-0.2, -0.15) is 0 Å². The molecule has 1 aromatic heterocycles. The Hall–Kier alpha value is -1.98. The number of nitrogens with one attached hydrogen (secondary N) is 2. The van der Waals surface area contributed by atoms with Gasteiger partial charge in [0.2, 0.25) is 5.91 Å². The summed E-state index contributed by atoms with van der Waals surface area (Å²) < 4.78 is 4.87. The molecule has 0 bridgehead atoms. The van der Waals surface area contributed by atoms with Gasteiger partial charge in [-0.1, -0.05) is 12.1 Å². The van der Waals surface area contributed by atoms with E-state index >= 15 is 0 Å². The molecule has 2 aromatic rings. The number of pyridine rings is 1. The molecule has 5 heteroatoms. The van der Waals surface area contributed by atoms with Crippen molar-refractivity contribution in [3.05, 3.63) is 42.2 Å². The number of aromatic nitrogens is 1. The van der Waals surface area contributed by atoms with E-state index in [2.05, 4.69) is 21.7 Å². The summed E-state index contributed by atoms with van der Waals surface area (Å²) in [6.45, 7) is 2.04. The van der Waals surface area contributed by atoms with Gasteiger partial charge in [0.05, 0.1) is 13.2 Å². The molecular weight excluding hydrogens is 254 g/mol. The lowest BCUT2D eigenvalue weighted by molar-refractivity contribution is -0.120. The molecule has 0 fully saturated rings. The van der Waals surface area contributed by atoms with Gasteiger partial charge in [-0.25, -0.2) is 0 Å². The first-order chi connectivity index (χ1) is 9.79. The maximum Gasteiger partial charge on any atom is 0.234 e. The second kappa shape index (κ2) is 7.57. The Morgan fingerprint density at radius 2 is 2.20 bits per heavy atom. The Balaban J connectivity index is 1.79. The van der Waals surface area contributed by atoms with Crippen LogP contribution in [0.5, 0.6) is 0 Å². The van der Waals surface area contributed by atoms with Gasteiger partial charge in [0.1, 0.15) is 0 Å². The lowest BCUT2D eigenvalue weighted by Crippen LogP contribution is -2.35. The predicted molar refractivity (Wildman–Crippen MR) is 78.3 cm³/mol. The normalized spacial score (nSPS) is 10.7. The van der Waals surface area contributed by atoms with E-state index in [4.69, 9.17) is 4.74 Å². The molecule has 1 amide bonds. The Morgan fingerprint density at radius 1 is 1.30 bits per heavy atom. The third-order valence-electron chi connectivity index (χ3n) is 2.95.